The standard InChI is InChI=1S/C29H38F2O5Si/c1-5-22-12-8-9-13-25(22)26-20-23-14-15-24(21-27(23)36-28(26)32)33-18-10-16-29(30,31)17-11-19-37(4,34-6-2)35-7-3/h8-9,12-15,20-21H,5-7,10-11,16-19H2,1-4H3. The van der Waals surface area contributed by atoms with Crippen molar-refractivity contribution >= 4 is 19.5 Å². The molecule has 3 aromatic rings. The number of hydrogen-bond donors (Lipinski definition) is 0. The van der Waals surface area contributed by atoms with Gasteiger partial charge in [0.25, 0.3) is 0 Å². The minimum atomic E-state index is -2.77. The lowest BCUT2D eigenvalue weighted by atomic mass is 9.98. The number of benzene rings is 2. The van der Waals surface area contributed by atoms with Crippen molar-refractivity contribution in [2.24, 2.45) is 0 Å². The Morgan fingerprint density at radius 3 is 2.32 bits per heavy atom. The van der Waals surface area contributed by atoms with E-state index in [4.69, 9.17) is 18.0 Å². The van der Waals surface area contributed by atoms with Crippen LogP contribution in [0.3, 0.4) is 0 Å². The lowest BCUT2D eigenvalue weighted by Crippen LogP contribution is -2.39. The number of hydrogen-bond acceptors (Lipinski definition) is 5. The highest BCUT2D eigenvalue weighted by Gasteiger charge is 2.34. The van der Waals surface area contributed by atoms with Gasteiger partial charge in [-0.25, -0.2) is 13.6 Å². The topological polar surface area (TPSA) is 57.9 Å². The summed E-state index contributed by atoms with van der Waals surface area (Å²) in [4.78, 5) is 12.7. The van der Waals surface area contributed by atoms with E-state index in [0.29, 0.717) is 42.6 Å². The van der Waals surface area contributed by atoms with E-state index in [0.717, 1.165) is 22.9 Å². The van der Waals surface area contributed by atoms with E-state index in [1.54, 1.807) is 12.1 Å². The van der Waals surface area contributed by atoms with Gasteiger partial charge in [0.1, 0.15) is 11.3 Å². The van der Waals surface area contributed by atoms with Crippen molar-refractivity contribution in [1.29, 1.82) is 0 Å². The first-order valence-electron chi connectivity index (χ1n) is 13.1. The predicted octanol–water partition coefficient (Wildman–Crippen LogP) is 7.74. The Morgan fingerprint density at radius 1 is 0.919 bits per heavy atom. The Bertz CT molecular complexity index is 1200. The van der Waals surface area contributed by atoms with Crippen LogP contribution in [0.4, 0.5) is 8.78 Å². The van der Waals surface area contributed by atoms with Gasteiger partial charge in [0, 0.05) is 37.5 Å². The molecule has 0 aliphatic carbocycles. The average Bonchev–Trinajstić information content (AvgIpc) is 2.86. The number of alkyl halides is 2. The van der Waals surface area contributed by atoms with Gasteiger partial charge in [-0.1, -0.05) is 31.2 Å². The fraction of sp³-hybridized carbons (Fsp3) is 0.483. The molecule has 0 aliphatic heterocycles. The van der Waals surface area contributed by atoms with Gasteiger partial charge in [-0.15, -0.1) is 0 Å². The molecule has 8 heteroatoms. The predicted molar refractivity (Wildman–Crippen MR) is 146 cm³/mol. The Hall–Kier alpha value is -2.55. The molecule has 1 aromatic heterocycles. The molecule has 0 aliphatic rings. The maximum absolute atomic E-state index is 14.4. The highest BCUT2D eigenvalue weighted by atomic mass is 28.4. The molecule has 0 fully saturated rings. The second-order valence-corrected chi connectivity index (χ2v) is 12.7. The molecule has 0 saturated carbocycles. The molecular weight excluding hydrogens is 494 g/mol. The van der Waals surface area contributed by atoms with Crippen LogP contribution in [-0.2, 0) is 15.3 Å². The molecule has 37 heavy (non-hydrogen) atoms. The molecule has 0 atom stereocenters. The summed E-state index contributed by atoms with van der Waals surface area (Å²) < 4.78 is 51.6. The summed E-state index contributed by atoms with van der Waals surface area (Å²) in [6.07, 6.45) is 0.942. The highest BCUT2D eigenvalue weighted by Crippen LogP contribution is 2.30. The van der Waals surface area contributed by atoms with Crippen LogP contribution < -0.4 is 10.4 Å². The number of fused-ring (bicyclic) bond motifs is 1. The Morgan fingerprint density at radius 2 is 1.62 bits per heavy atom. The fourth-order valence-corrected chi connectivity index (χ4v) is 6.98. The van der Waals surface area contributed by atoms with Crippen LogP contribution in [0.1, 0.15) is 52.0 Å². The molecule has 202 valence electrons. The molecule has 3 rings (SSSR count). The summed E-state index contributed by atoms with van der Waals surface area (Å²) in [5, 5.41) is 0.772. The first kappa shape index (κ1) is 29.0. The van der Waals surface area contributed by atoms with Gasteiger partial charge in [-0.3, -0.25) is 0 Å². The van der Waals surface area contributed by atoms with Crippen molar-refractivity contribution < 1.29 is 26.8 Å². The average molecular weight is 533 g/mol. The molecule has 5 nitrogen and oxygen atoms in total. The second-order valence-electron chi connectivity index (χ2n) is 9.32. The molecule has 0 amide bonds. The molecule has 0 bridgehead atoms. The smallest absolute Gasteiger partial charge is 0.344 e. The van der Waals surface area contributed by atoms with Crippen molar-refractivity contribution in [2.75, 3.05) is 19.8 Å². The lowest BCUT2D eigenvalue weighted by Gasteiger charge is -2.26. The second kappa shape index (κ2) is 13.3. The van der Waals surface area contributed by atoms with E-state index in [2.05, 4.69) is 0 Å². The van der Waals surface area contributed by atoms with E-state index < -0.39 is 20.1 Å². The van der Waals surface area contributed by atoms with Gasteiger partial charge in [0.05, 0.1) is 12.2 Å². The number of halogens is 2. The van der Waals surface area contributed by atoms with E-state index in [1.807, 2.05) is 63.7 Å². The Labute approximate surface area is 219 Å². The van der Waals surface area contributed by atoms with Gasteiger partial charge in [0.15, 0.2) is 0 Å². The van der Waals surface area contributed by atoms with Gasteiger partial charge in [-0.2, -0.15) is 0 Å². The summed E-state index contributed by atoms with van der Waals surface area (Å²) in [6.45, 7) is 8.98. The summed E-state index contributed by atoms with van der Waals surface area (Å²) in [6, 6.07) is 15.4. The number of aryl methyl sites for hydroxylation is 1. The largest absolute Gasteiger partial charge is 0.493 e. The van der Waals surface area contributed by atoms with Crippen LogP contribution in [-0.4, -0.2) is 34.3 Å². The lowest BCUT2D eigenvalue weighted by molar-refractivity contribution is -0.0216. The first-order valence-corrected chi connectivity index (χ1v) is 15.7. The molecule has 0 N–H and O–H groups in total. The quantitative estimate of drug-likeness (QED) is 0.114. The molecule has 2 aromatic carbocycles. The van der Waals surface area contributed by atoms with Crippen LogP contribution in [0.5, 0.6) is 5.75 Å². The third kappa shape index (κ3) is 8.22. The van der Waals surface area contributed by atoms with Gasteiger partial charge in [0.2, 0.25) is 5.92 Å². The number of ether oxygens (including phenoxy) is 1. The van der Waals surface area contributed by atoms with E-state index >= 15 is 0 Å². The highest BCUT2D eigenvalue weighted by molar-refractivity contribution is 6.66. The molecule has 0 spiro atoms. The van der Waals surface area contributed by atoms with Crippen LogP contribution in [0.15, 0.2) is 57.7 Å². The normalized spacial score (nSPS) is 12.3. The number of rotatable bonds is 15. The minimum Gasteiger partial charge on any atom is -0.493 e. The third-order valence-corrected chi connectivity index (χ3v) is 9.48. The van der Waals surface area contributed by atoms with Crippen LogP contribution >= 0.6 is 0 Å². The summed E-state index contributed by atoms with van der Waals surface area (Å²) in [5.74, 6) is -2.28. The van der Waals surface area contributed by atoms with Gasteiger partial charge in [-0.05, 0) is 75.0 Å². The van der Waals surface area contributed by atoms with Gasteiger partial charge < -0.3 is 18.0 Å². The monoisotopic (exact) mass is 532 g/mol. The van der Waals surface area contributed by atoms with Crippen molar-refractivity contribution in [1.82, 2.24) is 0 Å². The van der Waals surface area contributed by atoms with Crippen LogP contribution in [0.25, 0.3) is 22.1 Å². The maximum Gasteiger partial charge on any atom is 0.344 e. The summed E-state index contributed by atoms with van der Waals surface area (Å²) in [7, 11) is -2.38. The minimum absolute atomic E-state index is 0.150. The zero-order chi connectivity index (χ0) is 26.9. The van der Waals surface area contributed by atoms with Gasteiger partial charge >= 0.3 is 14.2 Å². The van der Waals surface area contributed by atoms with Crippen LogP contribution in [0, 0.1) is 0 Å². The molecular formula is C29H38F2O5Si. The summed E-state index contributed by atoms with van der Waals surface area (Å²) >= 11 is 0. The van der Waals surface area contributed by atoms with E-state index in [9.17, 15) is 13.6 Å². The zero-order valence-electron chi connectivity index (χ0n) is 22.3. The molecule has 0 saturated heterocycles. The van der Waals surface area contributed by atoms with Crippen molar-refractivity contribution in [3.8, 4) is 16.9 Å². The molecule has 0 unspecified atom stereocenters. The molecule has 0 radical (unpaired) electrons. The van der Waals surface area contributed by atoms with Crippen molar-refractivity contribution in [3.63, 3.8) is 0 Å². The fourth-order valence-electron chi connectivity index (χ4n) is 4.57. The Kier molecular flexibility index (Phi) is 10.4. The maximum atomic E-state index is 14.4. The van der Waals surface area contributed by atoms with E-state index in [1.165, 1.54) is 0 Å². The Balaban J connectivity index is 1.54. The third-order valence-electron chi connectivity index (χ3n) is 6.42. The van der Waals surface area contributed by atoms with Crippen molar-refractivity contribution in [2.45, 2.75) is 71.4 Å². The SMILES string of the molecule is CCO[Si](C)(CCCC(F)(F)CCCOc1ccc2cc(-c3ccccc3CC)c(=O)oc2c1)OCC. The van der Waals surface area contributed by atoms with Crippen LogP contribution in [0.2, 0.25) is 12.6 Å². The van der Waals surface area contributed by atoms with Crippen molar-refractivity contribution in [3.05, 3.63) is 64.5 Å². The summed E-state index contributed by atoms with van der Waals surface area (Å²) in [5.41, 5.74) is 2.45. The first-order chi connectivity index (χ1) is 17.7. The zero-order valence-corrected chi connectivity index (χ0v) is 23.3. The van der Waals surface area contributed by atoms with E-state index in [-0.39, 0.29) is 25.9 Å². The molecule has 1 heterocycles.